The summed E-state index contributed by atoms with van der Waals surface area (Å²) < 4.78 is 15.2. The number of halogens is 1. The molecular weight excluding hydrogens is 397 g/mol. The topological polar surface area (TPSA) is 93.2 Å². The van der Waals surface area contributed by atoms with E-state index < -0.39 is 5.83 Å². The number of likely N-dealkylation sites (tertiary alicyclic amines) is 1. The first-order valence-electron chi connectivity index (χ1n) is 10.6. The standard InChI is InChI=1S/C23H32FN5O2/c1-5-7-11-26-23(31)20-15-27-29(22(20)25)13-10-16(3)28-12-8-9-21(28)19(17(4)30)14-18(24)6-2/h6,10,13-15,21H,3,5,7-9,11-12,25H2,1-2,4H3,(H,26,31)/b13-10-,18-6+,19-14+/t21-/m1/s1. The summed E-state index contributed by atoms with van der Waals surface area (Å²) >= 11 is 0. The Labute approximate surface area is 183 Å². The number of nitrogens with two attached hydrogens (primary N) is 1. The van der Waals surface area contributed by atoms with E-state index in [-0.39, 0.29) is 23.6 Å². The predicted octanol–water partition coefficient (Wildman–Crippen LogP) is 3.83. The van der Waals surface area contributed by atoms with Gasteiger partial charge in [-0.05, 0) is 45.3 Å². The maximum Gasteiger partial charge on any atom is 0.256 e. The van der Waals surface area contributed by atoms with Crippen LogP contribution in [0.3, 0.4) is 0 Å². The van der Waals surface area contributed by atoms with Crippen LogP contribution in [0.5, 0.6) is 0 Å². The van der Waals surface area contributed by atoms with Gasteiger partial charge in [0.1, 0.15) is 17.2 Å². The number of Topliss-reactive ketones (excluding diaryl/α,β-unsaturated/α-hetero) is 1. The fourth-order valence-corrected chi connectivity index (χ4v) is 3.49. The molecule has 0 saturated carbocycles. The second kappa shape index (κ2) is 11.3. The number of anilines is 1. The van der Waals surface area contributed by atoms with Crippen LogP contribution in [0.1, 0.15) is 56.8 Å². The summed E-state index contributed by atoms with van der Waals surface area (Å²) in [5, 5.41) is 6.98. The van der Waals surface area contributed by atoms with Crippen molar-refractivity contribution in [1.82, 2.24) is 20.0 Å². The molecule has 0 aliphatic carbocycles. The Kier molecular flexibility index (Phi) is 8.78. The van der Waals surface area contributed by atoms with Crippen LogP contribution in [0, 0.1) is 0 Å². The van der Waals surface area contributed by atoms with Gasteiger partial charge >= 0.3 is 0 Å². The fourth-order valence-electron chi connectivity index (χ4n) is 3.49. The zero-order valence-electron chi connectivity index (χ0n) is 18.5. The third kappa shape index (κ3) is 6.16. The number of hydrogen-bond acceptors (Lipinski definition) is 5. The number of nitrogens with one attached hydrogen (secondary N) is 1. The SMILES string of the molecule is C=C(/C=C\n1ncc(C(=O)NCCCC)c1N)N1CCC[C@@H]1/C(=C/C(F)=C\C)C(C)=O. The van der Waals surface area contributed by atoms with E-state index in [2.05, 4.69) is 17.0 Å². The molecule has 1 saturated heterocycles. The lowest BCUT2D eigenvalue weighted by atomic mass is 10.00. The van der Waals surface area contributed by atoms with Gasteiger partial charge in [-0.1, -0.05) is 26.0 Å². The number of ketones is 1. The Balaban J connectivity index is 2.14. The smallest absolute Gasteiger partial charge is 0.256 e. The van der Waals surface area contributed by atoms with Crippen molar-refractivity contribution in [2.45, 2.75) is 52.5 Å². The van der Waals surface area contributed by atoms with E-state index in [1.807, 2.05) is 11.8 Å². The molecular formula is C23H32FN5O2. The molecule has 0 unspecified atom stereocenters. The molecule has 0 aromatic carbocycles. The van der Waals surface area contributed by atoms with E-state index >= 15 is 0 Å². The summed E-state index contributed by atoms with van der Waals surface area (Å²) in [5.41, 5.74) is 7.47. The average molecular weight is 430 g/mol. The van der Waals surface area contributed by atoms with E-state index in [0.717, 1.165) is 25.7 Å². The normalized spacial score (nSPS) is 17.4. The molecule has 0 spiro atoms. The summed E-state index contributed by atoms with van der Waals surface area (Å²) in [6.45, 7) is 10.5. The van der Waals surface area contributed by atoms with Gasteiger partial charge in [0.05, 0.1) is 12.2 Å². The highest BCUT2D eigenvalue weighted by Gasteiger charge is 2.30. The molecule has 1 fully saturated rings. The van der Waals surface area contributed by atoms with Crippen molar-refractivity contribution in [3.8, 4) is 0 Å². The van der Waals surface area contributed by atoms with Crippen LogP contribution in [0.25, 0.3) is 6.20 Å². The quantitative estimate of drug-likeness (QED) is 0.335. The van der Waals surface area contributed by atoms with Crippen molar-refractivity contribution in [3.05, 3.63) is 53.7 Å². The monoisotopic (exact) mass is 429 g/mol. The number of aromatic nitrogens is 2. The Hall–Kier alpha value is -3.16. The molecule has 3 N–H and O–H groups in total. The van der Waals surface area contributed by atoms with Crippen LogP contribution in [0.15, 0.2) is 48.1 Å². The number of carbonyl (C=O) groups is 2. The Morgan fingerprint density at radius 2 is 2.19 bits per heavy atom. The molecule has 0 bridgehead atoms. The first-order chi connectivity index (χ1) is 14.8. The lowest BCUT2D eigenvalue weighted by Crippen LogP contribution is -2.31. The molecule has 2 rings (SSSR count). The largest absolute Gasteiger partial charge is 0.383 e. The highest BCUT2D eigenvalue weighted by atomic mass is 19.1. The molecule has 168 valence electrons. The molecule has 1 aliphatic heterocycles. The average Bonchev–Trinajstić information content (AvgIpc) is 3.36. The fraction of sp³-hybridized carbons (Fsp3) is 0.435. The van der Waals surface area contributed by atoms with Crippen molar-refractivity contribution in [2.24, 2.45) is 0 Å². The van der Waals surface area contributed by atoms with Crippen LogP contribution >= 0.6 is 0 Å². The minimum absolute atomic E-state index is 0.166. The molecule has 1 aliphatic rings. The zero-order chi connectivity index (χ0) is 23.0. The maximum atomic E-state index is 13.8. The molecule has 2 heterocycles. The first-order valence-corrected chi connectivity index (χ1v) is 10.6. The van der Waals surface area contributed by atoms with Crippen LogP contribution in [0.4, 0.5) is 10.2 Å². The molecule has 0 radical (unpaired) electrons. The van der Waals surface area contributed by atoms with E-state index in [1.54, 1.807) is 19.2 Å². The van der Waals surface area contributed by atoms with Gasteiger partial charge in [-0.2, -0.15) is 5.10 Å². The molecule has 1 amide bonds. The van der Waals surface area contributed by atoms with E-state index in [4.69, 9.17) is 5.73 Å². The summed E-state index contributed by atoms with van der Waals surface area (Å²) in [7, 11) is 0. The van der Waals surface area contributed by atoms with Crippen molar-refractivity contribution >= 4 is 23.7 Å². The summed E-state index contributed by atoms with van der Waals surface area (Å²) in [4.78, 5) is 26.3. The minimum Gasteiger partial charge on any atom is -0.383 e. The highest BCUT2D eigenvalue weighted by Crippen LogP contribution is 2.29. The first kappa shape index (κ1) is 24.1. The molecule has 7 nitrogen and oxygen atoms in total. The van der Waals surface area contributed by atoms with Gasteiger partial charge in [0.2, 0.25) is 0 Å². The summed E-state index contributed by atoms with van der Waals surface area (Å²) in [6.07, 6.45) is 10.9. The molecule has 31 heavy (non-hydrogen) atoms. The number of hydrogen-bond donors (Lipinski definition) is 2. The number of carbonyl (C=O) groups excluding carboxylic acids is 2. The van der Waals surface area contributed by atoms with Gasteiger partial charge in [-0.3, -0.25) is 9.59 Å². The van der Waals surface area contributed by atoms with Gasteiger partial charge < -0.3 is 16.0 Å². The third-order valence-corrected chi connectivity index (χ3v) is 5.26. The highest BCUT2D eigenvalue weighted by molar-refractivity contribution is 5.98. The van der Waals surface area contributed by atoms with Gasteiger partial charge in [-0.15, -0.1) is 0 Å². The van der Waals surface area contributed by atoms with Crippen LogP contribution in [-0.4, -0.2) is 45.5 Å². The van der Waals surface area contributed by atoms with E-state index in [1.165, 1.54) is 30.0 Å². The van der Waals surface area contributed by atoms with Crippen LogP contribution in [0.2, 0.25) is 0 Å². The molecule has 8 heteroatoms. The van der Waals surface area contributed by atoms with E-state index in [0.29, 0.717) is 29.9 Å². The van der Waals surface area contributed by atoms with Crippen molar-refractivity contribution in [3.63, 3.8) is 0 Å². The Morgan fingerprint density at radius 1 is 1.45 bits per heavy atom. The number of unbranched alkanes of at least 4 members (excludes halogenated alkanes) is 1. The number of allylic oxidation sites excluding steroid dienone is 4. The second-order valence-corrected chi connectivity index (χ2v) is 7.49. The van der Waals surface area contributed by atoms with E-state index in [9.17, 15) is 14.0 Å². The molecule has 1 aromatic rings. The second-order valence-electron chi connectivity index (χ2n) is 7.49. The lowest BCUT2D eigenvalue weighted by Gasteiger charge is -2.28. The molecule has 1 aromatic heterocycles. The number of nitrogen functional groups attached to an aromatic ring is 1. The number of rotatable bonds is 10. The summed E-state index contributed by atoms with van der Waals surface area (Å²) in [5.74, 6) is -0.630. The van der Waals surface area contributed by atoms with Gasteiger partial charge in [-0.25, -0.2) is 9.07 Å². The summed E-state index contributed by atoms with van der Waals surface area (Å²) in [6, 6.07) is -0.241. The number of amides is 1. The number of nitrogens with zero attached hydrogens (tertiary/aromatic N) is 3. The predicted molar refractivity (Wildman–Crippen MR) is 122 cm³/mol. The maximum absolute atomic E-state index is 13.8. The van der Waals surface area contributed by atoms with Gasteiger partial charge in [0.15, 0.2) is 5.78 Å². The third-order valence-electron chi connectivity index (χ3n) is 5.26. The van der Waals surface area contributed by atoms with Crippen molar-refractivity contribution < 1.29 is 14.0 Å². The molecule has 1 atom stereocenters. The van der Waals surface area contributed by atoms with Crippen molar-refractivity contribution in [1.29, 1.82) is 0 Å². The van der Waals surface area contributed by atoms with Crippen molar-refractivity contribution in [2.75, 3.05) is 18.8 Å². The Morgan fingerprint density at radius 3 is 2.84 bits per heavy atom. The Bertz CT molecular complexity index is 913. The van der Waals surface area contributed by atoms with Crippen LogP contribution < -0.4 is 11.1 Å². The lowest BCUT2D eigenvalue weighted by molar-refractivity contribution is -0.114. The van der Waals surface area contributed by atoms with Crippen LogP contribution in [-0.2, 0) is 4.79 Å². The zero-order valence-corrected chi connectivity index (χ0v) is 18.5. The minimum atomic E-state index is -0.438. The van der Waals surface area contributed by atoms with Gasteiger partial charge in [0.25, 0.3) is 5.91 Å². The van der Waals surface area contributed by atoms with Gasteiger partial charge in [0, 0.05) is 30.6 Å².